The Kier molecular flexibility index (Phi) is 5.50. The molecular weight excluding hydrogens is 372 g/mol. The third-order valence-electron chi connectivity index (χ3n) is 6.43. The largest absolute Gasteiger partial charge is 0.481 e. The van der Waals surface area contributed by atoms with Crippen molar-refractivity contribution >= 4 is 11.9 Å². The molecule has 0 unspecified atom stereocenters. The van der Waals surface area contributed by atoms with E-state index in [9.17, 15) is 14.7 Å². The van der Waals surface area contributed by atoms with Gasteiger partial charge >= 0.3 is 5.97 Å². The SMILES string of the molecule is CC1=C(C)C[C@H](C(=O)N2CCN(Cc3ccc4c(c3)OCO4)CC2)[C@@H](C(=O)O)C1. The lowest BCUT2D eigenvalue weighted by Crippen LogP contribution is -2.51. The van der Waals surface area contributed by atoms with Crippen molar-refractivity contribution in [3.63, 3.8) is 0 Å². The number of carboxylic acids is 1. The van der Waals surface area contributed by atoms with E-state index in [1.165, 1.54) is 0 Å². The number of aliphatic carboxylic acids is 1. The van der Waals surface area contributed by atoms with Gasteiger partial charge < -0.3 is 19.5 Å². The van der Waals surface area contributed by atoms with E-state index in [0.29, 0.717) is 25.9 Å². The molecule has 4 rings (SSSR count). The summed E-state index contributed by atoms with van der Waals surface area (Å²) in [5.74, 6) is -0.366. The van der Waals surface area contributed by atoms with E-state index in [4.69, 9.17) is 9.47 Å². The molecule has 1 aromatic rings. The predicted molar refractivity (Wildman–Crippen MR) is 107 cm³/mol. The second-order valence-electron chi connectivity index (χ2n) is 8.31. The molecule has 3 aliphatic rings. The standard InChI is InChI=1S/C22H28N2O5/c1-14-9-17(18(22(26)27)10-15(14)2)21(25)24-7-5-23(6-8-24)12-16-3-4-19-20(11-16)29-13-28-19/h3-4,11,17-18H,5-10,12-13H2,1-2H3,(H,26,27)/t17-,18-/m0/s1. The fourth-order valence-electron chi connectivity index (χ4n) is 4.47. The summed E-state index contributed by atoms with van der Waals surface area (Å²) >= 11 is 0. The summed E-state index contributed by atoms with van der Waals surface area (Å²) in [6, 6.07) is 5.99. The number of carbonyl (C=O) groups excluding carboxylic acids is 1. The molecule has 7 nitrogen and oxygen atoms in total. The number of nitrogens with zero attached hydrogens (tertiary/aromatic N) is 2. The first kappa shape index (κ1) is 19.8. The number of allylic oxidation sites excluding steroid dienone is 2. The van der Waals surface area contributed by atoms with E-state index in [2.05, 4.69) is 4.90 Å². The average Bonchev–Trinajstić information content (AvgIpc) is 3.17. The molecule has 2 atom stereocenters. The Morgan fingerprint density at radius 3 is 2.34 bits per heavy atom. The Hall–Kier alpha value is -2.54. The van der Waals surface area contributed by atoms with E-state index in [1.54, 1.807) is 0 Å². The summed E-state index contributed by atoms with van der Waals surface area (Å²) in [6.45, 7) is 7.87. The van der Waals surface area contributed by atoms with Crippen LogP contribution in [0.15, 0.2) is 29.3 Å². The van der Waals surface area contributed by atoms with Gasteiger partial charge in [-0.15, -0.1) is 0 Å². The zero-order valence-corrected chi connectivity index (χ0v) is 17.0. The summed E-state index contributed by atoms with van der Waals surface area (Å²) in [5.41, 5.74) is 3.42. The summed E-state index contributed by atoms with van der Waals surface area (Å²) < 4.78 is 10.8. The number of carboxylic acid groups (broad SMARTS) is 1. The minimum absolute atomic E-state index is 0.00743. The number of amides is 1. The van der Waals surface area contributed by atoms with Gasteiger partial charge in [0.2, 0.25) is 12.7 Å². The van der Waals surface area contributed by atoms with Gasteiger partial charge in [0.05, 0.1) is 11.8 Å². The van der Waals surface area contributed by atoms with E-state index in [1.807, 2.05) is 36.9 Å². The summed E-state index contributed by atoms with van der Waals surface area (Å²) in [5, 5.41) is 9.61. The lowest BCUT2D eigenvalue weighted by Gasteiger charge is -2.38. The minimum Gasteiger partial charge on any atom is -0.481 e. The highest BCUT2D eigenvalue weighted by molar-refractivity contribution is 5.85. The minimum atomic E-state index is -0.864. The Morgan fingerprint density at radius 1 is 1.00 bits per heavy atom. The number of benzene rings is 1. The maximum absolute atomic E-state index is 13.1. The van der Waals surface area contributed by atoms with Crippen molar-refractivity contribution in [2.45, 2.75) is 33.2 Å². The van der Waals surface area contributed by atoms with Crippen LogP contribution in [0.1, 0.15) is 32.3 Å². The molecule has 1 aromatic carbocycles. The monoisotopic (exact) mass is 400 g/mol. The van der Waals surface area contributed by atoms with Crippen LogP contribution in [-0.2, 0) is 16.1 Å². The van der Waals surface area contributed by atoms with Gasteiger partial charge in [-0.2, -0.15) is 0 Å². The molecule has 0 saturated carbocycles. The zero-order chi connectivity index (χ0) is 20.5. The van der Waals surface area contributed by atoms with Crippen LogP contribution in [-0.4, -0.2) is 59.8 Å². The maximum Gasteiger partial charge on any atom is 0.307 e. The van der Waals surface area contributed by atoms with Crippen molar-refractivity contribution in [3.8, 4) is 11.5 Å². The molecular formula is C22H28N2O5. The van der Waals surface area contributed by atoms with Crippen LogP contribution in [0.3, 0.4) is 0 Å². The molecule has 0 spiro atoms. The molecule has 1 N–H and O–H groups in total. The normalized spacial score (nSPS) is 24.7. The molecule has 29 heavy (non-hydrogen) atoms. The molecule has 7 heteroatoms. The zero-order valence-electron chi connectivity index (χ0n) is 17.0. The van der Waals surface area contributed by atoms with Crippen molar-refractivity contribution < 1.29 is 24.2 Å². The molecule has 0 aromatic heterocycles. The second-order valence-corrected chi connectivity index (χ2v) is 8.31. The highest BCUT2D eigenvalue weighted by atomic mass is 16.7. The van der Waals surface area contributed by atoms with Gasteiger partial charge in [0.15, 0.2) is 11.5 Å². The number of fused-ring (bicyclic) bond motifs is 1. The molecule has 2 aliphatic heterocycles. The smallest absolute Gasteiger partial charge is 0.307 e. The lowest BCUT2D eigenvalue weighted by molar-refractivity contribution is -0.151. The van der Waals surface area contributed by atoms with Crippen molar-refractivity contribution in [1.82, 2.24) is 9.80 Å². The lowest BCUT2D eigenvalue weighted by atomic mass is 9.76. The van der Waals surface area contributed by atoms with Crippen molar-refractivity contribution in [3.05, 3.63) is 34.9 Å². The van der Waals surface area contributed by atoms with Gasteiger partial charge in [-0.3, -0.25) is 14.5 Å². The van der Waals surface area contributed by atoms with E-state index in [0.717, 1.165) is 47.8 Å². The number of hydrogen-bond donors (Lipinski definition) is 1. The van der Waals surface area contributed by atoms with Gasteiger partial charge in [0.25, 0.3) is 0 Å². The molecule has 1 amide bonds. The van der Waals surface area contributed by atoms with Gasteiger partial charge in [0.1, 0.15) is 0 Å². The third kappa shape index (κ3) is 4.10. The van der Waals surface area contributed by atoms with Crippen molar-refractivity contribution in [2.24, 2.45) is 11.8 Å². The second kappa shape index (κ2) is 8.06. The van der Waals surface area contributed by atoms with Gasteiger partial charge in [-0.25, -0.2) is 0 Å². The third-order valence-corrected chi connectivity index (χ3v) is 6.43. The number of piperazine rings is 1. The van der Waals surface area contributed by atoms with Crippen LogP contribution in [0.5, 0.6) is 11.5 Å². The fraction of sp³-hybridized carbons (Fsp3) is 0.545. The average molecular weight is 400 g/mol. The number of hydrogen-bond acceptors (Lipinski definition) is 5. The first-order valence-corrected chi connectivity index (χ1v) is 10.2. The van der Waals surface area contributed by atoms with Crippen LogP contribution in [0.2, 0.25) is 0 Å². The van der Waals surface area contributed by atoms with Crippen LogP contribution < -0.4 is 9.47 Å². The van der Waals surface area contributed by atoms with E-state index in [-0.39, 0.29) is 12.7 Å². The Labute approximate surface area is 170 Å². The van der Waals surface area contributed by atoms with Crippen LogP contribution in [0.25, 0.3) is 0 Å². The van der Waals surface area contributed by atoms with E-state index < -0.39 is 17.8 Å². The molecule has 156 valence electrons. The van der Waals surface area contributed by atoms with Crippen LogP contribution in [0.4, 0.5) is 0 Å². The van der Waals surface area contributed by atoms with Crippen LogP contribution in [0, 0.1) is 11.8 Å². The Morgan fingerprint density at radius 2 is 1.66 bits per heavy atom. The molecule has 1 saturated heterocycles. The van der Waals surface area contributed by atoms with Gasteiger partial charge in [-0.05, 0) is 44.4 Å². The highest BCUT2D eigenvalue weighted by Gasteiger charge is 2.39. The van der Waals surface area contributed by atoms with Gasteiger partial charge in [-0.1, -0.05) is 17.2 Å². The molecule has 2 heterocycles. The number of rotatable bonds is 4. The Balaban J connectivity index is 1.35. The van der Waals surface area contributed by atoms with Crippen LogP contribution >= 0.6 is 0 Å². The quantitative estimate of drug-likeness (QED) is 0.783. The first-order valence-electron chi connectivity index (χ1n) is 10.2. The highest BCUT2D eigenvalue weighted by Crippen LogP contribution is 2.36. The predicted octanol–water partition coefficient (Wildman–Crippen LogP) is 2.51. The van der Waals surface area contributed by atoms with Crippen molar-refractivity contribution in [2.75, 3.05) is 33.0 Å². The molecule has 0 radical (unpaired) electrons. The molecule has 1 fully saturated rings. The van der Waals surface area contributed by atoms with Crippen molar-refractivity contribution in [1.29, 1.82) is 0 Å². The molecule has 1 aliphatic carbocycles. The summed E-state index contributed by atoms with van der Waals surface area (Å²) in [7, 11) is 0. The Bertz CT molecular complexity index is 842. The first-order chi connectivity index (χ1) is 13.9. The number of carbonyl (C=O) groups is 2. The van der Waals surface area contributed by atoms with Gasteiger partial charge in [0, 0.05) is 32.7 Å². The fourth-order valence-corrected chi connectivity index (χ4v) is 4.47. The maximum atomic E-state index is 13.1. The van der Waals surface area contributed by atoms with E-state index >= 15 is 0 Å². The topological polar surface area (TPSA) is 79.3 Å². The summed E-state index contributed by atoms with van der Waals surface area (Å²) in [6.07, 6.45) is 1.03. The summed E-state index contributed by atoms with van der Waals surface area (Å²) in [4.78, 5) is 29.0. The number of ether oxygens (including phenoxy) is 2. The molecule has 0 bridgehead atoms.